The van der Waals surface area contributed by atoms with Crippen molar-refractivity contribution in [3.63, 3.8) is 0 Å². The Bertz CT molecular complexity index is 410. The highest BCUT2D eigenvalue weighted by atomic mass is 15.1. The first-order valence-corrected chi connectivity index (χ1v) is 9.67. The number of benzene rings is 1. The van der Waals surface area contributed by atoms with E-state index in [0.717, 1.165) is 12.3 Å². The van der Waals surface area contributed by atoms with E-state index in [1.807, 2.05) is 0 Å². The number of anilines is 2. The Morgan fingerprint density at radius 1 is 1.00 bits per heavy atom. The fraction of sp³-hybridized carbons (Fsp3) is 0.667. The van der Waals surface area contributed by atoms with Crippen molar-refractivity contribution >= 4 is 11.4 Å². The lowest BCUT2D eigenvalue weighted by Crippen LogP contribution is -2.33. The van der Waals surface area contributed by atoms with Gasteiger partial charge >= 0.3 is 0 Å². The highest BCUT2D eigenvalue weighted by molar-refractivity contribution is 5.56. The van der Waals surface area contributed by atoms with Gasteiger partial charge in [0.15, 0.2) is 0 Å². The Hall–Kier alpha value is -1.18. The molecule has 0 bridgehead atoms. The van der Waals surface area contributed by atoms with Gasteiger partial charge in [-0.3, -0.25) is 0 Å². The molecule has 0 spiro atoms. The lowest BCUT2D eigenvalue weighted by molar-refractivity contribution is 0.408. The second kappa shape index (κ2) is 9.85. The number of nitrogens with zero attached hydrogens (tertiary/aromatic N) is 2. The smallest absolute Gasteiger partial charge is 0.0367 e. The lowest BCUT2D eigenvalue weighted by atomic mass is 9.94. The third kappa shape index (κ3) is 5.44. The molecule has 0 N–H and O–H groups in total. The van der Waals surface area contributed by atoms with E-state index in [9.17, 15) is 0 Å². The molecule has 0 aliphatic carbocycles. The van der Waals surface area contributed by atoms with Gasteiger partial charge in [0.25, 0.3) is 0 Å². The lowest BCUT2D eigenvalue weighted by Gasteiger charge is -2.33. The summed E-state index contributed by atoms with van der Waals surface area (Å²) in [5.74, 6) is 0.837. The van der Waals surface area contributed by atoms with Crippen LogP contribution in [0.1, 0.15) is 58.8 Å². The molecule has 1 aromatic carbocycles. The average molecular weight is 316 g/mol. The van der Waals surface area contributed by atoms with Crippen LogP contribution in [0.5, 0.6) is 0 Å². The van der Waals surface area contributed by atoms with Crippen LogP contribution in [0.2, 0.25) is 0 Å². The normalized spacial score (nSPS) is 15.9. The van der Waals surface area contributed by atoms with Gasteiger partial charge in [-0.15, -0.1) is 0 Å². The molecular weight excluding hydrogens is 280 g/mol. The topological polar surface area (TPSA) is 6.48 Å². The molecule has 1 heterocycles. The maximum atomic E-state index is 4.06. The van der Waals surface area contributed by atoms with Crippen molar-refractivity contribution in [2.24, 2.45) is 5.92 Å². The zero-order valence-corrected chi connectivity index (χ0v) is 15.3. The minimum absolute atomic E-state index is 0.837. The van der Waals surface area contributed by atoms with Crippen LogP contribution in [0.25, 0.3) is 0 Å². The molecule has 0 atom stereocenters. The summed E-state index contributed by atoms with van der Waals surface area (Å²) in [6.07, 6.45) is 8.78. The largest absolute Gasteiger partial charge is 0.372 e. The summed E-state index contributed by atoms with van der Waals surface area (Å²) >= 11 is 0. The molecule has 1 fully saturated rings. The van der Waals surface area contributed by atoms with E-state index in [1.165, 1.54) is 76.1 Å². The third-order valence-electron chi connectivity index (χ3n) is 5.17. The van der Waals surface area contributed by atoms with Gasteiger partial charge < -0.3 is 9.80 Å². The summed E-state index contributed by atoms with van der Waals surface area (Å²) in [7, 11) is 0. The minimum atomic E-state index is 0.837. The zero-order chi connectivity index (χ0) is 16.5. The van der Waals surface area contributed by atoms with Crippen molar-refractivity contribution in [3.05, 3.63) is 31.2 Å². The zero-order valence-electron chi connectivity index (χ0n) is 15.3. The summed E-state index contributed by atoms with van der Waals surface area (Å²) in [6, 6.07) is 9.30. The van der Waals surface area contributed by atoms with Gasteiger partial charge in [0.1, 0.15) is 0 Å². The van der Waals surface area contributed by atoms with Crippen LogP contribution >= 0.6 is 0 Å². The minimum Gasteiger partial charge on any atom is -0.372 e. The molecule has 2 heteroatoms. The van der Waals surface area contributed by atoms with Gasteiger partial charge in [-0.25, -0.2) is 0 Å². The molecule has 1 radical (unpaired) electrons. The van der Waals surface area contributed by atoms with Crippen LogP contribution in [0.4, 0.5) is 11.4 Å². The Morgan fingerprint density at radius 2 is 1.57 bits per heavy atom. The highest BCUT2D eigenvalue weighted by Gasteiger charge is 2.18. The van der Waals surface area contributed by atoms with E-state index in [2.05, 4.69) is 54.8 Å². The van der Waals surface area contributed by atoms with E-state index >= 15 is 0 Å². The molecule has 1 aromatic rings. The Morgan fingerprint density at radius 3 is 2.04 bits per heavy atom. The first kappa shape index (κ1) is 18.2. The monoisotopic (exact) mass is 315 g/mol. The number of hydrogen-bond acceptors (Lipinski definition) is 2. The van der Waals surface area contributed by atoms with Gasteiger partial charge in [0.05, 0.1) is 0 Å². The molecule has 1 saturated heterocycles. The number of hydrogen-bond donors (Lipinski definition) is 0. The quantitative estimate of drug-likeness (QED) is 0.591. The molecule has 0 unspecified atom stereocenters. The van der Waals surface area contributed by atoms with Crippen LogP contribution < -0.4 is 9.80 Å². The number of piperidine rings is 1. The van der Waals surface area contributed by atoms with Crippen molar-refractivity contribution < 1.29 is 0 Å². The van der Waals surface area contributed by atoms with Crippen LogP contribution in [0.15, 0.2) is 24.3 Å². The van der Waals surface area contributed by atoms with Crippen molar-refractivity contribution in [1.82, 2.24) is 0 Å². The SMILES string of the molecule is [CH2]CC1CCN(c2ccc(N(CCCC)CCCC)cc2)CC1. The fourth-order valence-electron chi connectivity index (χ4n) is 3.42. The van der Waals surface area contributed by atoms with Crippen LogP contribution in [0.3, 0.4) is 0 Å². The molecule has 0 saturated carbocycles. The van der Waals surface area contributed by atoms with E-state index in [4.69, 9.17) is 0 Å². The maximum absolute atomic E-state index is 4.06. The van der Waals surface area contributed by atoms with Crippen molar-refractivity contribution in [2.75, 3.05) is 36.0 Å². The first-order valence-electron chi connectivity index (χ1n) is 9.67. The van der Waals surface area contributed by atoms with Crippen LogP contribution in [-0.4, -0.2) is 26.2 Å². The maximum Gasteiger partial charge on any atom is 0.0367 e. The molecule has 0 amide bonds. The standard InChI is InChI=1S/C21H35N2/c1-4-7-15-22(16-8-5-2)20-9-11-21(12-10-20)23-17-13-19(6-3)14-18-23/h9-12,19H,3-8,13-18H2,1-2H3. The summed E-state index contributed by atoms with van der Waals surface area (Å²) in [5.41, 5.74) is 2.78. The molecule has 129 valence electrons. The highest BCUT2D eigenvalue weighted by Crippen LogP contribution is 2.27. The van der Waals surface area contributed by atoms with E-state index in [0.29, 0.717) is 0 Å². The summed E-state index contributed by atoms with van der Waals surface area (Å²) in [4.78, 5) is 5.10. The Labute approximate surface area is 143 Å². The molecule has 2 rings (SSSR count). The molecule has 2 nitrogen and oxygen atoms in total. The van der Waals surface area contributed by atoms with Crippen molar-refractivity contribution in [1.29, 1.82) is 0 Å². The number of rotatable bonds is 9. The average Bonchev–Trinajstić information content (AvgIpc) is 2.62. The Kier molecular flexibility index (Phi) is 7.78. The van der Waals surface area contributed by atoms with Crippen molar-refractivity contribution in [3.8, 4) is 0 Å². The van der Waals surface area contributed by atoms with E-state index in [-0.39, 0.29) is 0 Å². The van der Waals surface area contributed by atoms with Gasteiger partial charge in [-0.2, -0.15) is 0 Å². The predicted molar refractivity (Wildman–Crippen MR) is 103 cm³/mol. The van der Waals surface area contributed by atoms with Gasteiger partial charge in [0, 0.05) is 37.6 Å². The van der Waals surface area contributed by atoms with Gasteiger partial charge in [-0.05, 0) is 55.9 Å². The second-order valence-corrected chi connectivity index (χ2v) is 6.93. The van der Waals surface area contributed by atoms with Gasteiger partial charge in [-0.1, -0.05) is 40.0 Å². The van der Waals surface area contributed by atoms with Crippen LogP contribution in [-0.2, 0) is 0 Å². The van der Waals surface area contributed by atoms with E-state index in [1.54, 1.807) is 0 Å². The molecular formula is C21H35N2. The van der Waals surface area contributed by atoms with Gasteiger partial charge in [0.2, 0.25) is 0 Å². The van der Waals surface area contributed by atoms with Crippen molar-refractivity contribution in [2.45, 2.75) is 58.8 Å². The van der Waals surface area contributed by atoms with E-state index < -0.39 is 0 Å². The molecule has 0 aromatic heterocycles. The summed E-state index contributed by atoms with van der Waals surface area (Å²) < 4.78 is 0. The third-order valence-corrected chi connectivity index (χ3v) is 5.17. The Balaban J connectivity index is 1.96. The first-order chi connectivity index (χ1) is 11.3. The fourth-order valence-corrected chi connectivity index (χ4v) is 3.42. The molecule has 1 aliphatic rings. The number of unbranched alkanes of at least 4 members (excludes halogenated alkanes) is 2. The summed E-state index contributed by atoms with van der Waals surface area (Å²) in [6.45, 7) is 13.4. The van der Waals surface area contributed by atoms with Crippen LogP contribution in [0, 0.1) is 12.8 Å². The predicted octanol–water partition coefficient (Wildman–Crippen LogP) is 5.53. The molecule has 23 heavy (non-hydrogen) atoms. The second-order valence-electron chi connectivity index (χ2n) is 6.93. The summed E-state index contributed by atoms with van der Waals surface area (Å²) in [5, 5.41) is 0. The molecule has 1 aliphatic heterocycles.